The quantitative estimate of drug-likeness (QED) is 0.766. The van der Waals surface area contributed by atoms with E-state index in [0.29, 0.717) is 23.8 Å². The summed E-state index contributed by atoms with van der Waals surface area (Å²) in [7, 11) is 0. The third-order valence-corrected chi connectivity index (χ3v) is 5.18. The van der Waals surface area contributed by atoms with Crippen molar-refractivity contribution < 1.29 is 13.2 Å². The van der Waals surface area contributed by atoms with Crippen LogP contribution < -0.4 is 5.32 Å². The Balaban J connectivity index is 1.45. The third kappa shape index (κ3) is 5.45. The van der Waals surface area contributed by atoms with Crippen LogP contribution >= 0.6 is 12.2 Å². The third-order valence-electron chi connectivity index (χ3n) is 4.77. The number of nitrogens with one attached hydrogen (secondary N) is 1. The van der Waals surface area contributed by atoms with Crippen molar-refractivity contribution in [3.05, 3.63) is 53.3 Å². The van der Waals surface area contributed by atoms with Gasteiger partial charge in [-0.05, 0) is 30.8 Å². The van der Waals surface area contributed by atoms with Gasteiger partial charge in [0.05, 0.1) is 11.8 Å². The summed E-state index contributed by atoms with van der Waals surface area (Å²) in [6.45, 7) is 7.01. The lowest BCUT2D eigenvalue weighted by atomic mass is 10.1. The highest BCUT2D eigenvalue weighted by Gasteiger charge is 2.30. The molecule has 1 saturated heterocycles. The number of rotatable bonds is 5. The van der Waals surface area contributed by atoms with Gasteiger partial charge in [0, 0.05) is 57.6 Å². The van der Waals surface area contributed by atoms with Crippen LogP contribution in [0, 0.1) is 0 Å². The fraction of sp³-hybridized carbons (Fsp3) is 0.474. The normalized spacial score (nSPS) is 15.6. The highest BCUT2D eigenvalue weighted by atomic mass is 32.1. The molecule has 28 heavy (non-hydrogen) atoms. The molecule has 0 unspecified atom stereocenters. The minimum atomic E-state index is -4.31. The Hall–Kier alpha value is -2.13. The summed E-state index contributed by atoms with van der Waals surface area (Å²) in [6.07, 6.45) is -0.491. The Morgan fingerprint density at radius 3 is 2.57 bits per heavy atom. The summed E-state index contributed by atoms with van der Waals surface area (Å²) in [5, 5.41) is 8.19. The zero-order valence-electron chi connectivity index (χ0n) is 15.7. The zero-order valence-corrected chi connectivity index (χ0v) is 16.6. The fourth-order valence-corrected chi connectivity index (χ4v) is 3.43. The van der Waals surface area contributed by atoms with Gasteiger partial charge in [0.1, 0.15) is 0 Å². The van der Waals surface area contributed by atoms with Gasteiger partial charge in [-0.15, -0.1) is 0 Å². The molecule has 9 heteroatoms. The first kappa shape index (κ1) is 20.6. The highest BCUT2D eigenvalue weighted by molar-refractivity contribution is 7.80. The minimum Gasteiger partial charge on any atom is -0.358 e. The Bertz CT molecular complexity index is 797. The molecule has 0 spiro atoms. The average molecular weight is 411 g/mol. The molecule has 3 rings (SSSR count). The molecule has 0 aliphatic carbocycles. The largest absolute Gasteiger partial charge is 0.416 e. The van der Waals surface area contributed by atoms with Crippen molar-refractivity contribution in [3.63, 3.8) is 0 Å². The number of aryl methyl sites for hydroxylation is 1. The van der Waals surface area contributed by atoms with E-state index in [1.807, 2.05) is 24.0 Å². The van der Waals surface area contributed by atoms with E-state index < -0.39 is 11.7 Å². The smallest absolute Gasteiger partial charge is 0.358 e. The first-order valence-corrected chi connectivity index (χ1v) is 9.68. The maximum Gasteiger partial charge on any atom is 0.416 e. The van der Waals surface area contributed by atoms with E-state index in [-0.39, 0.29) is 0 Å². The summed E-state index contributed by atoms with van der Waals surface area (Å²) in [4.78, 5) is 4.25. The summed E-state index contributed by atoms with van der Waals surface area (Å²) in [5.41, 5.74) is 1.16. The predicted molar refractivity (Wildman–Crippen MR) is 106 cm³/mol. The van der Waals surface area contributed by atoms with Gasteiger partial charge >= 0.3 is 6.18 Å². The highest BCUT2D eigenvalue weighted by Crippen LogP contribution is 2.29. The summed E-state index contributed by atoms with van der Waals surface area (Å²) in [6, 6.07) is 5.54. The number of nitrogens with zero attached hydrogens (tertiary/aromatic N) is 4. The van der Waals surface area contributed by atoms with Crippen LogP contribution in [0.3, 0.4) is 0 Å². The van der Waals surface area contributed by atoms with Crippen LogP contribution in [0.15, 0.2) is 36.7 Å². The summed E-state index contributed by atoms with van der Waals surface area (Å²) in [5.74, 6) is 0. The van der Waals surface area contributed by atoms with Crippen LogP contribution in [0.2, 0.25) is 0 Å². The molecule has 0 saturated carbocycles. The van der Waals surface area contributed by atoms with Gasteiger partial charge in [-0.1, -0.05) is 18.2 Å². The van der Waals surface area contributed by atoms with E-state index in [2.05, 4.69) is 20.2 Å². The van der Waals surface area contributed by atoms with Gasteiger partial charge < -0.3 is 10.2 Å². The van der Waals surface area contributed by atoms with Crippen molar-refractivity contribution in [1.29, 1.82) is 0 Å². The minimum absolute atomic E-state index is 0.508. The molecule has 1 fully saturated rings. The molecule has 5 nitrogen and oxygen atoms in total. The number of hydrogen-bond donors (Lipinski definition) is 1. The molecule has 1 aromatic heterocycles. The van der Waals surface area contributed by atoms with Crippen LogP contribution in [-0.2, 0) is 25.8 Å². The van der Waals surface area contributed by atoms with E-state index >= 15 is 0 Å². The van der Waals surface area contributed by atoms with Crippen LogP contribution in [0.4, 0.5) is 13.2 Å². The topological polar surface area (TPSA) is 36.3 Å². The number of hydrogen-bond acceptors (Lipinski definition) is 3. The first-order chi connectivity index (χ1) is 13.3. The predicted octanol–water partition coefficient (Wildman–Crippen LogP) is 3.11. The Kier molecular flexibility index (Phi) is 6.56. The van der Waals surface area contributed by atoms with Gasteiger partial charge in [0.15, 0.2) is 5.11 Å². The molecule has 2 heterocycles. The van der Waals surface area contributed by atoms with Crippen molar-refractivity contribution in [2.45, 2.75) is 32.7 Å². The van der Waals surface area contributed by atoms with Gasteiger partial charge in [-0.2, -0.15) is 18.3 Å². The molecule has 1 aromatic carbocycles. The maximum absolute atomic E-state index is 12.9. The standard InChI is InChI=1S/C19H24F3N5S/c1-2-27-14-16(12-24-27)11-23-18(28)26-8-6-25(7-9-26)13-15-4-3-5-17(10-15)19(20,21)22/h3-5,10,12,14H,2,6-9,11,13H2,1H3,(H,23,28). The Labute approximate surface area is 168 Å². The van der Waals surface area contributed by atoms with E-state index in [9.17, 15) is 13.2 Å². The molecular weight excluding hydrogens is 387 g/mol. The molecule has 1 aliphatic heterocycles. The monoisotopic (exact) mass is 411 g/mol. The second kappa shape index (κ2) is 8.91. The SMILES string of the molecule is CCn1cc(CNC(=S)N2CCN(Cc3cccc(C(F)(F)F)c3)CC2)cn1. The lowest BCUT2D eigenvalue weighted by Gasteiger charge is -2.36. The van der Waals surface area contributed by atoms with Crippen molar-refractivity contribution >= 4 is 17.3 Å². The van der Waals surface area contributed by atoms with Crippen LogP contribution in [-0.4, -0.2) is 50.9 Å². The number of aromatic nitrogens is 2. The molecule has 0 amide bonds. The molecule has 1 aliphatic rings. The number of thiocarbonyl (C=S) groups is 1. The van der Waals surface area contributed by atoms with Crippen molar-refractivity contribution in [2.75, 3.05) is 26.2 Å². The molecule has 0 atom stereocenters. The Morgan fingerprint density at radius 1 is 1.18 bits per heavy atom. The summed E-state index contributed by atoms with van der Waals surface area (Å²) >= 11 is 5.48. The van der Waals surface area contributed by atoms with Gasteiger partial charge in [-0.3, -0.25) is 9.58 Å². The van der Waals surface area contributed by atoms with E-state index in [1.165, 1.54) is 12.1 Å². The first-order valence-electron chi connectivity index (χ1n) is 9.27. The van der Waals surface area contributed by atoms with E-state index in [0.717, 1.165) is 44.4 Å². The van der Waals surface area contributed by atoms with Crippen LogP contribution in [0.5, 0.6) is 0 Å². The molecule has 0 bridgehead atoms. The van der Waals surface area contributed by atoms with Crippen molar-refractivity contribution in [2.24, 2.45) is 0 Å². The number of halogens is 3. The van der Waals surface area contributed by atoms with E-state index in [1.54, 1.807) is 6.07 Å². The average Bonchev–Trinajstić information content (AvgIpc) is 3.14. The van der Waals surface area contributed by atoms with Crippen molar-refractivity contribution in [3.8, 4) is 0 Å². The number of benzene rings is 1. The second-order valence-corrected chi connectivity index (χ2v) is 7.21. The molecule has 1 N–H and O–H groups in total. The van der Waals surface area contributed by atoms with Crippen molar-refractivity contribution in [1.82, 2.24) is 24.9 Å². The van der Waals surface area contributed by atoms with Gasteiger partial charge in [-0.25, -0.2) is 0 Å². The van der Waals surface area contributed by atoms with Gasteiger partial charge in [0.25, 0.3) is 0 Å². The molecule has 152 valence electrons. The van der Waals surface area contributed by atoms with E-state index in [4.69, 9.17) is 12.2 Å². The number of piperazine rings is 1. The fourth-order valence-electron chi connectivity index (χ4n) is 3.17. The van der Waals surface area contributed by atoms with Gasteiger partial charge in [0.2, 0.25) is 0 Å². The summed E-state index contributed by atoms with van der Waals surface area (Å²) < 4.78 is 40.4. The van der Waals surface area contributed by atoms with Crippen LogP contribution in [0.25, 0.3) is 0 Å². The molecule has 0 radical (unpaired) electrons. The zero-order chi connectivity index (χ0) is 20.1. The lowest BCUT2D eigenvalue weighted by molar-refractivity contribution is -0.137. The second-order valence-electron chi connectivity index (χ2n) is 6.82. The number of alkyl halides is 3. The molecular formula is C19H24F3N5S. The Morgan fingerprint density at radius 2 is 1.93 bits per heavy atom. The lowest BCUT2D eigenvalue weighted by Crippen LogP contribution is -2.51. The van der Waals surface area contributed by atoms with Crippen LogP contribution in [0.1, 0.15) is 23.6 Å². The molecule has 2 aromatic rings. The maximum atomic E-state index is 12.9.